The zero-order valence-electron chi connectivity index (χ0n) is 9.74. The minimum Gasteiger partial charge on any atom is -0.256 e. The van der Waals surface area contributed by atoms with E-state index in [0.29, 0.717) is 5.69 Å². The summed E-state index contributed by atoms with van der Waals surface area (Å²) in [5.74, 6) is -2.83. The summed E-state index contributed by atoms with van der Waals surface area (Å²) in [4.78, 5) is 4.07. The molecule has 0 aliphatic carbocycles. The fourth-order valence-electron chi connectivity index (χ4n) is 1.55. The zero-order chi connectivity index (χ0) is 12.5. The van der Waals surface area contributed by atoms with E-state index in [9.17, 15) is 8.78 Å². The summed E-state index contributed by atoms with van der Waals surface area (Å²) in [6.07, 6.45) is 1.23. The molecule has 17 heavy (non-hydrogen) atoms. The number of rotatable bonds is 2. The second-order valence-corrected chi connectivity index (χ2v) is 4.19. The van der Waals surface area contributed by atoms with Crippen LogP contribution in [0.5, 0.6) is 0 Å². The van der Waals surface area contributed by atoms with Gasteiger partial charge in [0.1, 0.15) is 0 Å². The lowest BCUT2D eigenvalue weighted by molar-refractivity contribution is 0.0171. The average molecular weight is 233 g/mol. The molecule has 0 spiro atoms. The van der Waals surface area contributed by atoms with Gasteiger partial charge in [-0.1, -0.05) is 29.8 Å². The molecule has 0 amide bonds. The lowest BCUT2D eigenvalue weighted by Crippen LogP contribution is -2.07. The van der Waals surface area contributed by atoms with E-state index >= 15 is 0 Å². The Morgan fingerprint density at radius 3 is 2.12 bits per heavy atom. The average Bonchev–Trinajstić information content (AvgIpc) is 2.29. The molecule has 1 aromatic carbocycles. The Morgan fingerprint density at radius 2 is 1.65 bits per heavy atom. The fourth-order valence-corrected chi connectivity index (χ4v) is 1.55. The van der Waals surface area contributed by atoms with Gasteiger partial charge in [0.05, 0.1) is 5.69 Å². The summed E-state index contributed by atoms with van der Waals surface area (Å²) >= 11 is 0. The van der Waals surface area contributed by atoms with Crippen molar-refractivity contribution < 1.29 is 8.78 Å². The standard InChI is InChI=1S/C14H13F2N/c1-10-3-5-11(6-4-10)13-8-7-12(9-17-13)14(2,15)16/h3-9H,1-2H3. The van der Waals surface area contributed by atoms with Crippen molar-refractivity contribution in [3.63, 3.8) is 0 Å². The number of pyridine rings is 1. The molecule has 0 saturated heterocycles. The van der Waals surface area contributed by atoms with Crippen LogP contribution >= 0.6 is 0 Å². The van der Waals surface area contributed by atoms with Gasteiger partial charge in [-0.25, -0.2) is 8.78 Å². The van der Waals surface area contributed by atoms with Crippen LogP contribution in [0.15, 0.2) is 42.6 Å². The molecule has 0 saturated carbocycles. The minimum atomic E-state index is -2.83. The molecule has 1 aromatic heterocycles. The normalized spacial score (nSPS) is 11.5. The largest absolute Gasteiger partial charge is 0.272 e. The molecule has 2 aromatic rings. The van der Waals surface area contributed by atoms with E-state index in [2.05, 4.69) is 4.98 Å². The molecule has 0 N–H and O–H groups in total. The molecule has 0 atom stereocenters. The molecular weight excluding hydrogens is 220 g/mol. The van der Waals surface area contributed by atoms with Crippen molar-refractivity contribution in [1.82, 2.24) is 4.98 Å². The SMILES string of the molecule is Cc1ccc(-c2ccc(C(C)(F)F)cn2)cc1. The van der Waals surface area contributed by atoms with Crippen LogP contribution in [0.4, 0.5) is 8.78 Å². The summed E-state index contributed by atoms with van der Waals surface area (Å²) in [5.41, 5.74) is 2.73. The molecule has 3 heteroatoms. The lowest BCUT2D eigenvalue weighted by Gasteiger charge is -2.10. The first-order valence-electron chi connectivity index (χ1n) is 5.38. The van der Waals surface area contributed by atoms with Gasteiger partial charge in [0.2, 0.25) is 0 Å². The van der Waals surface area contributed by atoms with Crippen molar-refractivity contribution in [3.8, 4) is 11.3 Å². The quantitative estimate of drug-likeness (QED) is 0.758. The maximum Gasteiger partial charge on any atom is 0.272 e. The third-order valence-corrected chi connectivity index (χ3v) is 2.62. The van der Waals surface area contributed by atoms with Crippen molar-refractivity contribution in [2.45, 2.75) is 19.8 Å². The Bertz CT molecular complexity index is 495. The van der Waals surface area contributed by atoms with Crippen molar-refractivity contribution in [2.24, 2.45) is 0 Å². The molecule has 0 aliphatic heterocycles. The predicted molar refractivity (Wildman–Crippen MR) is 64.0 cm³/mol. The highest BCUT2D eigenvalue weighted by molar-refractivity contribution is 5.59. The van der Waals surface area contributed by atoms with Crippen molar-refractivity contribution in [1.29, 1.82) is 0 Å². The predicted octanol–water partition coefficient (Wildman–Crippen LogP) is 4.17. The molecule has 88 valence electrons. The first kappa shape index (κ1) is 11.7. The number of alkyl halides is 2. The Labute approximate surface area is 99.1 Å². The Hall–Kier alpha value is -1.77. The molecule has 0 aliphatic rings. The van der Waals surface area contributed by atoms with Crippen molar-refractivity contribution >= 4 is 0 Å². The minimum absolute atomic E-state index is 0.0617. The van der Waals surface area contributed by atoms with Crippen LogP contribution < -0.4 is 0 Å². The summed E-state index contributed by atoms with van der Waals surface area (Å²) in [6.45, 7) is 2.87. The van der Waals surface area contributed by atoms with Gasteiger partial charge in [-0.05, 0) is 19.1 Å². The lowest BCUT2D eigenvalue weighted by atomic mass is 10.1. The number of aryl methyl sites for hydroxylation is 1. The van der Waals surface area contributed by atoms with E-state index in [1.165, 1.54) is 12.3 Å². The van der Waals surface area contributed by atoms with Gasteiger partial charge < -0.3 is 0 Å². The van der Waals surface area contributed by atoms with Crippen LogP contribution in [0.2, 0.25) is 0 Å². The van der Waals surface area contributed by atoms with E-state index in [1.54, 1.807) is 6.07 Å². The molecule has 0 fully saturated rings. The van der Waals surface area contributed by atoms with Crippen LogP contribution in [0.25, 0.3) is 11.3 Å². The van der Waals surface area contributed by atoms with Crippen LogP contribution in [0.3, 0.4) is 0 Å². The number of aromatic nitrogens is 1. The van der Waals surface area contributed by atoms with E-state index < -0.39 is 5.92 Å². The Morgan fingerprint density at radius 1 is 1.00 bits per heavy atom. The number of nitrogens with zero attached hydrogens (tertiary/aromatic N) is 1. The smallest absolute Gasteiger partial charge is 0.256 e. The van der Waals surface area contributed by atoms with Crippen LogP contribution in [-0.4, -0.2) is 4.98 Å². The van der Waals surface area contributed by atoms with Crippen molar-refractivity contribution in [2.75, 3.05) is 0 Å². The molecule has 1 nitrogen and oxygen atoms in total. The van der Waals surface area contributed by atoms with Gasteiger partial charge in [0.15, 0.2) is 0 Å². The summed E-state index contributed by atoms with van der Waals surface area (Å²) in [7, 11) is 0. The molecule has 2 rings (SSSR count). The maximum absolute atomic E-state index is 13.0. The molecule has 0 bridgehead atoms. The summed E-state index contributed by atoms with van der Waals surface area (Å²) < 4.78 is 26.0. The molecular formula is C14H13F2N. The highest BCUT2D eigenvalue weighted by atomic mass is 19.3. The third kappa shape index (κ3) is 2.67. The van der Waals surface area contributed by atoms with Crippen LogP contribution in [0, 0.1) is 6.92 Å². The summed E-state index contributed by atoms with van der Waals surface area (Å²) in [6, 6.07) is 10.8. The zero-order valence-corrected chi connectivity index (χ0v) is 9.74. The van der Waals surface area contributed by atoms with Gasteiger partial charge in [0, 0.05) is 24.2 Å². The highest BCUT2D eigenvalue weighted by Crippen LogP contribution is 2.27. The third-order valence-electron chi connectivity index (χ3n) is 2.62. The number of benzene rings is 1. The van der Waals surface area contributed by atoms with E-state index in [1.807, 2.05) is 31.2 Å². The van der Waals surface area contributed by atoms with Gasteiger partial charge in [-0.3, -0.25) is 4.98 Å². The summed E-state index contributed by atoms with van der Waals surface area (Å²) in [5, 5.41) is 0. The van der Waals surface area contributed by atoms with E-state index in [0.717, 1.165) is 18.1 Å². The molecule has 1 heterocycles. The fraction of sp³-hybridized carbons (Fsp3) is 0.214. The number of halogens is 2. The maximum atomic E-state index is 13.0. The van der Waals surface area contributed by atoms with Gasteiger partial charge in [-0.2, -0.15) is 0 Å². The molecule has 0 radical (unpaired) electrons. The first-order valence-corrected chi connectivity index (χ1v) is 5.38. The van der Waals surface area contributed by atoms with Crippen LogP contribution in [-0.2, 0) is 5.92 Å². The Kier molecular flexibility index (Phi) is 2.92. The second kappa shape index (κ2) is 4.24. The second-order valence-electron chi connectivity index (χ2n) is 4.19. The molecule has 0 unspecified atom stereocenters. The van der Waals surface area contributed by atoms with Gasteiger partial charge in [0.25, 0.3) is 5.92 Å². The highest BCUT2D eigenvalue weighted by Gasteiger charge is 2.24. The van der Waals surface area contributed by atoms with E-state index in [-0.39, 0.29) is 5.56 Å². The number of hydrogen-bond acceptors (Lipinski definition) is 1. The van der Waals surface area contributed by atoms with Crippen molar-refractivity contribution in [3.05, 3.63) is 53.7 Å². The van der Waals surface area contributed by atoms with Gasteiger partial charge in [-0.15, -0.1) is 0 Å². The van der Waals surface area contributed by atoms with E-state index in [4.69, 9.17) is 0 Å². The monoisotopic (exact) mass is 233 g/mol. The van der Waals surface area contributed by atoms with Gasteiger partial charge >= 0.3 is 0 Å². The number of hydrogen-bond donors (Lipinski definition) is 0. The first-order chi connectivity index (χ1) is 7.97. The van der Waals surface area contributed by atoms with Crippen LogP contribution in [0.1, 0.15) is 18.1 Å². The topological polar surface area (TPSA) is 12.9 Å². The Balaban J connectivity index is 2.33.